The minimum Gasteiger partial charge on any atom is -0.459 e. The van der Waals surface area contributed by atoms with Gasteiger partial charge in [0.15, 0.2) is 5.78 Å². The van der Waals surface area contributed by atoms with Crippen LogP contribution >= 0.6 is 0 Å². The molecular formula is C14H15FO3. The van der Waals surface area contributed by atoms with Gasteiger partial charge in [-0.05, 0) is 44.9 Å². The summed E-state index contributed by atoms with van der Waals surface area (Å²) in [7, 11) is 0. The van der Waals surface area contributed by atoms with Gasteiger partial charge in [0.1, 0.15) is 17.3 Å². The van der Waals surface area contributed by atoms with Crippen molar-refractivity contribution in [3.05, 3.63) is 35.1 Å². The summed E-state index contributed by atoms with van der Waals surface area (Å²) in [5, 5.41) is 0. The maximum Gasteiger partial charge on any atom is 0.317 e. The minimum absolute atomic E-state index is 0.295. The number of hydrogen-bond donors (Lipinski definition) is 0. The zero-order chi connectivity index (χ0) is 13.5. The van der Waals surface area contributed by atoms with Crippen molar-refractivity contribution >= 4 is 11.8 Å². The highest BCUT2D eigenvalue weighted by atomic mass is 19.1. The normalized spacial score (nSPS) is 18.7. The fraction of sp³-hybridized carbons (Fsp3) is 0.429. The lowest BCUT2D eigenvalue weighted by Crippen LogP contribution is -2.31. The molecule has 4 heteroatoms. The molecule has 0 fully saturated rings. The summed E-state index contributed by atoms with van der Waals surface area (Å²) in [6.07, 6.45) is 0.295. The predicted octanol–water partition coefficient (Wildman–Crippen LogP) is 2.52. The molecule has 0 spiro atoms. The lowest BCUT2D eigenvalue weighted by atomic mass is 10.1. The molecule has 0 heterocycles. The molecule has 1 atom stereocenters. The zero-order valence-electron chi connectivity index (χ0n) is 10.6. The number of rotatable bonds is 1. The van der Waals surface area contributed by atoms with E-state index >= 15 is 0 Å². The van der Waals surface area contributed by atoms with Crippen LogP contribution in [-0.4, -0.2) is 17.4 Å². The number of carbonyl (C=O) groups excluding carboxylic acids is 2. The summed E-state index contributed by atoms with van der Waals surface area (Å²) >= 11 is 0. The first-order chi connectivity index (χ1) is 8.28. The number of halogens is 1. The van der Waals surface area contributed by atoms with Gasteiger partial charge in [-0.15, -0.1) is 0 Å². The number of ether oxygens (including phenoxy) is 1. The van der Waals surface area contributed by atoms with E-state index in [2.05, 4.69) is 0 Å². The number of Topliss-reactive ketones (excluding diaryl/α,β-unsaturated/α-hetero) is 1. The standard InChI is InChI=1S/C14H15FO3/c1-14(2,3)18-13(17)11-6-8-4-5-9(15)7-10(8)12(11)16/h4-5,7,11H,6H2,1-3H3. The van der Waals surface area contributed by atoms with Gasteiger partial charge in [-0.3, -0.25) is 9.59 Å². The lowest BCUT2D eigenvalue weighted by Gasteiger charge is -2.21. The molecule has 18 heavy (non-hydrogen) atoms. The number of fused-ring (bicyclic) bond motifs is 1. The van der Waals surface area contributed by atoms with Crippen LogP contribution in [0, 0.1) is 11.7 Å². The van der Waals surface area contributed by atoms with Crippen LogP contribution in [0.25, 0.3) is 0 Å². The lowest BCUT2D eigenvalue weighted by molar-refractivity contribution is -0.157. The number of hydrogen-bond acceptors (Lipinski definition) is 3. The quantitative estimate of drug-likeness (QED) is 0.568. The summed E-state index contributed by atoms with van der Waals surface area (Å²) in [5.41, 5.74) is 0.375. The first-order valence-corrected chi connectivity index (χ1v) is 5.83. The minimum atomic E-state index is -0.832. The van der Waals surface area contributed by atoms with Gasteiger partial charge < -0.3 is 4.74 Å². The van der Waals surface area contributed by atoms with E-state index in [0.717, 1.165) is 0 Å². The molecule has 0 aromatic heterocycles. The molecule has 0 bridgehead atoms. The van der Waals surface area contributed by atoms with Crippen molar-refractivity contribution in [3.63, 3.8) is 0 Å². The second kappa shape index (κ2) is 4.19. The summed E-state index contributed by atoms with van der Waals surface area (Å²) in [5.74, 6) is -2.18. The van der Waals surface area contributed by atoms with Crippen molar-refractivity contribution in [2.24, 2.45) is 5.92 Å². The third kappa shape index (κ3) is 2.42. The van der Waals surface area contributed by atoms with Gasteiger partial charge in [-0.1, -0.05) is 6.07 Å². The number of carbonyl (C=O) groups is 2. The predicted molar refractivity (Wildman–Crippen MR) is 63.8 cm³/mol. The Hall–Kier alpha value is -1.71. The van der Waals surface area contributed by atoms with Gasteiger partial charge in [0.2, 0.25) is 0 Å². The fourth-order valence-corrected chi connectivity index (χ4v) is 2.02. The molecule has 0 aliphatic heterocycles. The molecule has 0 amide bonds. The SMILES string of the molecule is CC(C)(C)OC(=O)C1Cc2ccc(F)cc2C1=O. The maximum atomic E-state index is 13.1. The molecule has 1 aliphatic rings. The van der Waals surface area contributed by atoms with Gasteiger partial charge in [-0.2, -0.15) is 0 Å². The largest absolute Gasteiger partial charge is 0.459 e. The third-order valence-electron chi connectivity index (χ3n) is 2.77. The maximum absolute atomic E-state index is 13.1. The Morgan fingerprint density at radius 1 is 1.39 bits per heavy atom. The van der Waals surface area contributed by atoms with Crippen molar-refractivity contribution < 1.29 is 18.7 Å². The second-order valence-electron chi connectivity index (χ2n) is 5.46. The van der Waals surface area contributed by atoms with Crippen LogP contribution in [0.5, 0.6) is 0 Å². The summed E-state index contributed by atoms with van der Waals surface area (Å²) in [4.78, 5) is 23.9. The molecule has 3 nitrogen and oxygen atoms in total. The van der Waals surface area contributed by atoms with E-state index in [1.807, 2.05) is 0 Å². The molecule has 0 saturated heterocycles. The number of ketones is 1. The highest BCUT2D eigenvalue weighted by Crippen LogP contribution is 2.29. The summed E-state index contributed by atoms with van der Waals surface area (Å²) in [6.45, 7) is 5.24. The van der Waals surface area contributed by atoms with E-state index in [0.29, 0.717) is 17.5 Å². The monoisotopic (exact) mass is 250 g/mol. The fourth-order valence-electron chi connectivity index (χ4n) is 2.02. The smallest absolute Gasteiger partial charge is 0.317 e. The molecule has 2 rings (SSSR count). The number of esters is 1. The van der Waals surface area contributed by atoms with E-state index in [4.69, 9.17) is 4.74 Å². The first kappa shape index (κ1) is 12.7. The molecule has 1 aromatic carbocycles. The van der Waals surface area contributed by atoms with Crippen LogP contribution in [-0.2, 0) is 16.0 Å². The Kier molecular flexibility index (Phi) is 2.97. The van der Waals surface area contributed by atoms with Crippen molar-refractivity contribution in [1.82, 2.24) is 0 Å². The van der Waals surface area contributed by atoms with Crippen molar-refractivity contribution in [1.29, 1.82) is 0 Å². The third-order valence-corrected chi connectivity index (χ3v) is 2.77. The Morgan fingerprint density at radius 2 is 2.06 bits per heavy atom. The molecule has 1 aromatic rings. The summed E-state index contributed by atoms with van der Waals surface area (Å²) < 4.78 is 18.3. The highest BCUT2D eigenvalue weighted by molar-refractivity contribution is 6.12. The van der Waals surface area contributed by atoms with Crippen LogP contribution in [0.4, 0.5) is 4.39 Å². The topological polar surface area (TPSA) is 43.4 Å². The van der Waals surface area contributed by atoms with E-state index in [1.165, 1.54) is 12.1 Å². The van der Waals surface area contributed by atoms with Crippen molar-refractivity contribution in [2.45, 2.75) is 32.8 Å². The van der Waals surface area contributed by atoms with Gasteiger partial charge in [0.25, 0.3) is 0 Å². The molecule has 1 aliphatic carbocycles. The van der Waals surface area contributed by atoms with Gasteiger partial charge in [0, 0.05) is 5.56 Å². The van der Waals surface area contributed by atoms with E-state index in [9.17, 15) is 14.0 Å². The summed E-state index contributed by atoms with van der Waals surface area (Å²) in [6, 6.07) is 4.03. The Labute approximate surface area is 105 Å². The van der Waals surface area contributed by atoms with E-state index in [1.54, 1.807) is 26.8 Å². The van der Waals surface area contributed by atoms with Crippen molar-refractivity contribution in [2.75, 3.05) is 0 Å². The Morgan fingerprint density at radius 3 is 2.67 bits per heavy atom. The van der Waals surface area contributed by atoms with Gasteiger partial charge in [0.05, 0.1) is 0 Å². The van der Waals surface area contributed by atoms with Gasteiger partial charge >= 0.3 is 5.97 Å². The van der Waals surface area contributed by atoms with Crippen LogP contribution < -0.4 is 0 Å². The van der Waals surface area contributed by atoms with E-state index < -0.39 is 23.3 Å². The molecule has 96 valence electrons. The molecule has 0 radical (unpaired) electrons. The average molecular weight is 250 g/mol. The molecule has 1 unspecified atom stereocenters. The highest BCUT2D eigenvalue weighted by Gasteiger charge is 2.38. The average Bonchev–Trinajstić information content (AvgIpc) is 2.54. The van der Waals surface area contributed by atoms with Crippen molar-refractivity contribution in [3.8, 4) is 0 Å². The van der Waals surface area contributed by atoms with Crippen LogP contribution in [0.3, 0.4) is 0 Å². The van der Waals surface area contributed by atoms with Crippen LogP contribution in [0.2, 0.25) is 0 Å². The van der Waals surface area contributed by atoms with Gasteiger partial charge in [-0.25, -0.2) is 4.39 Å². The van der Waals surface area contributed by atoms with E-state index in [-0.39, 0.29) is 5.78 Å². The second-order valence-corrected chi connectivity index (χ2v) is 5.46. The van der Waals surface area contributed by atoms with Crippen LogP contribution in [0.15, 0.2) is 18.2 Å². The number of benzene rings is 1. The Balaban J connectivity index is 2.21. The zero-order valence-corrected chi connectivity index (χ0v) is 10.6. The Bertz CT molecular complexity index is 514. The van der Waals surface area contributed by atoms with Crippen LogP contribution in [0.1, 0.15) is 36.7 Å². The molecule has 0 N–H and O–H groups in total. The molecule has 0 saturated carbocycles. The molecular weight excluding hydrogens is 235 g/mol. The first-order valence-electron chi connectivity index (χ1n) is 5.83.